The molecule has 0 fully saturated rings. The van der Waals surface area contributed by atoms with Crippen LogP contribution in [0.25, 0.3) is 0 Å². The van der Waals surface area contributed by atoms with E-state index >= 15 is 0 Å². The van der Waals surface area contributed by atoms with Gasteiger partial charge in [0.15, 0.2) is 11.5 Å². The first-order valence-electron chi connectivity index (χ1n) is 8.92. The number of nitrogens with one attached hydrogen (secondary N) is 1. The molecule has 0 bridgehead atoms. The maximum absolute atomic E-state index is 12.1. The number of aliphatic hydroxyl groups is 2. The number of hydrogen-bond donors (Lipinski definition) is 6. The summed E-state index contributed by atoms with van der Waals surface area (Å²) in [6.45, 7) is -0.148. The molecule has 0 aliphatic heterocycles. The molecule has 9 N–H and O–H groups in total. The number of guanidine groups is 1. The summed E-state index contributed by atoms with van der Waals surface area (Å²) >= 11 is 0. The minimum absolute atomic E-state index is 0.0446. The Kier molecular flexibility index (Phi) is 6.98. The second-order valence-corrected chi connectivity index (χ2v) is 6.75. The number of rotatable bonds is 8. The number of H-pyrrole nitrogens is 1. The summed E-state index contributed by atoms with van der Waals surface area (Å²) in [5.41, 5.74) is 12.7. The zero-order valence-corrected chi connectivity index (χ0v) is 15.9. The molecule has 1 aliphatic rings. The standard InChI is InChI=1S/C17H23N7O6/c18-8-17(24-5-3-11(25)23-16(24)29)6-9(12(26)13(17)27)7-30-14(28)10(19)2-1-4-22-15(20)21/h3,5,10,13,26-27H,1-2,4,6-7,19H2,(H4,20,21,22)(H,23,25,29)/t10-,13?,17+/m1/s1. The van der Waals surface area contributed by atoms with Crippen molar-refractivity contribution < 1.29 is 19.7 Å². The highest BCUT2D eigenvalue weighted by Crippen LogP contribution is 2.38. The van der Waals surface area contributed by atoms with E-state index in [9.17, 15) is 29.9 Å². The van der Waals surface area contributed by atoms with Crippen LogP contribution in [0, 0.1) is 11.3 Å². The van der Waals surface area contributed by atoms with E-state index in [0.29, 0.717) is 13.0 Å². The van der Waals surface area contributed by atoms with E-state index in [0.717, 1.165) is 16.8 Å². The largest absolute Gasteiger partial charge is 0.509 e. The summed E-state index contributed by atoms with van der Waals surface area (Å²) in [5, 5.41) is 30.3. The molecule has 2 rings (SSSR count). The number of carbonyl (C=O) groups excluding carboxylic acids is 1. The van der Waals surface area contributed by atoms with Gasteiger partial charge in [0, 0.05) is 30.8 Å². The third kappa shape index (κ3) is 4.67. The molecule has 13 heteroatoms. The Balaban J connectivity index is 2.06. The SMILES string of the molecule is N#C[C@@]1(n2ccc(=O)[nH]c2=O)CC(COC(=O)[C@H](N)CCCN=C(N)N)=C(O)C1O. The second kappa shape index (κ2) is 9.25. The monoisotopic (exact) mass is 421 g/mol. The quantitative estimate of drug-likeness (QED) is 0.109. The van der Waals surface area contributed by atoms with E-state index in [1.165, 1.54) is 0 Å². The van der Waals surface area contributed by atoms with Gasteiger partial charge in [0.05, 0.1) is 6.07 Å². The van der Waals surface area contributed by atoms with Crippen LogP contribution in [0.5, 0.6) is 0 Å². The fourth-order valence-corrected chi connectivity index (χ4v) is 3.06. The first-order valence-corrected chi connectivity index (χ1v) is 8.92. The van der Waals surface area contributed by atoms with E-state index in [1.807, 2.05) is 11.1 Å². The van der Waals surface area contributed by atoms with Crippen LogP contribution >= 0.6 is 0 Å². The lowest BCUT2D eigenvalue weighted by atomic mass is 9.94. The first kappa shape index (κ1) is 22.7. The van der Waals surface area contributed by atoms with Gasteiger partial charge in [-0.1, -0.05) is 0 Å². The molecule has 0 saturated heterocycles. The van der Waals surface area contributed by atoms with Crippen molar-refractivity contribution in [1.29, 1.82) is 5.26 Å². The lowest BCUT2D eigenvalue weighted by Crippen LogP contribution is -2.48. The number of nitrogens with zero attached hydrogens (tertiary/aromatic N) is 3. The van der Waals surface area contributed by atoms with Crippen LogP contribution in [-0.2, 0) is 15.1 Å². The summed E-state index contributed by atoms with van der Waals surface area (Å²) in [4.78, 5) is 41.2. The molecule has 1 unspecified atom stereocenters. The number of ether oxygens (including phenoxy) is 1. The van der Waals surface area contributed by atoms with Gasteiger partial charge in [-0.15, -0.1) is 0 Å². The van der Waals surface area contributed by atoms with Crippen LogP contribution in [0.1, 0.15) is 19.3 Å². The molecule has 1 aromatic rings. The molecule has 1 aromatic heterocycles. The van der Waals surface area contributed by atoms with Gasteiger partial charge in [-0.2, -0.15) is 5.26 Å². The molecule has 1 heterocycles. The van der Waals surface area contributed by atoms with Crippen molar-refractivity contribution >= 4 is 11.9 Å². The Hall–Kier alpha value is -3.63. The third-order valence-electron chi connectivity index (χ3n) is 4.66. The highest BCUT2D eigenvalue weighted by Gasteiger charge is 2.50. The highest BCUT2D eigenvalue weighted by atomic mass is 16.5. The van der Waals surface area contributed by atoms with Gasteiger partial charge in [-0.3, -0.25) is 24.1 Å². The van der Waals surface area contributed by atoms with Gasteiger partial charge in [0.25, 0.3) is 5.56 Å². The molecule has 3 atom stereocenters. The smallest absolute Gasteiger partial charge is 0.329 e. The molecule has 0 saturated carbocycles. The molecule has 13 nitrogen and oxygen atoms in total. The molecule has 0 radical (unpaired) electrons. The zero-order chi connectivity index (χ0) is 22.5. The fraction of sp³-hybridized carbons (Fsp3) is 0.471. The average molecular weight is 421 g/mol. The van der Waals surface area contributed by atoms with Crippen molar-refractivity contribution in [3.05, 3.63) is 44.4 Å². The van der Waals surface area contributed by atoms with E-state index in [4.69, 9.17) is 21.9 Å². The molecule has 0 aromatic carbocycles. The van der Waals surface area contributed by atoms with Gasteiger partial charge in [-0.25, -0.2) is 4.79 Å². The minimum atomic E-state index is -1.91. The average Bonchev–Trinajstić information content (AvgIpc) is 2.94. The van der Waals surface area contributed by atoms with E-state index in [-0.39, 0.29) is 24.4 Å². The highest BCUT2D eigenvalue weighted by molar-refractivity contribution is 5.76. The summed E-state index contributed by atoms with van der Waals surface area (Å²) in [5.74, 6) is -1.43. The summed E-state index contributed by atoms with van der Waals surface area (Å²) in [7, 11) is 0. The van der Waals surface area contributed by atoms with Gasteiger partial charge in [-0.05, 0) is 12.8 Å². The van der Waals surface area contributed by atoms with Crippen LogP contribution in [0.3, 0.4) is 0 Å². The van der Waals surface area contributed by atoms with Crippen LogP contribution in [0.4, 0.5) is 0 Å². The molecule has 1 aliphatic carbocycles. The maximum atomic E-state index is 12.1. The van der Waals surface area contributed by atoms with Crippen molar-refractivity contribution in [2.24, 2.45) is 22.2 Å². The lowest BCUT2D eigenvalue weighted by molar-refractivity contribution is -0.144. The Morgan fingerprint density at radius 2 is 2.20 bits per heavy atom. The number of nitrogens with two attached hydrogens (primary N) is 3. The second-order valence-electron chi connectivity index (χ2n) is 6.75. The van der Waals surface area contributed by atoms with Crippen LogP contribution in [-0.4, -0.2) is 57.0 Å². The van der Waals surface area contributed by atoms with E-state index in [1.54, 1.807) is 0 Å². The number of nitriles is 1. The van der Waals surface area contributed by atoms with Gasteiger partial charge >= 0.3 is 11.7 Å². The predicted molar refractivity (Wildman–Crippen MR) is 104 cm³/mol. The Bertz CT molecular complexity index is 1020. The van der Waals surface area contributed by atoms with Crippen LogP contribution in [0.2, 0.25) is 0 Å². The van der Waals surface area contributed by atoms with Gasteiger partial charge < -0.3 is 32.2 Å². The zero-order valence-electron chi connectivity index (χ0n) is 15.9. The summed E-state index contributed by atoms with van der Waals surface area (Å²) in [6.07, 6.45) is -0.350. The Morgan fingerprint density at radius 1 is 1.50 bits per heavy atom. The fourth-order valence-electron chi connectivity index (χ4n) is 3.06. The van der Waals surface area contributed by atoms with Gasteiger partial charge in [0.1, 0.15) is 24.5 Å². The number of aromatic amines is 1. The van der Waals surface area contributed by atoms with Crippen molar-refractivity contribution in [3.8, 4) is 6.07 Å². The molecular weight excluding hydrogens is 398 g/mol. The molecule has 0 spiro atoms. The van der Waals surface area contributed by atoms with Crippen molar-refractivity contribution in [1.82, 2.24) is 9.55 Å². The molecule has 162 valence electrons. The Morgan fingerprint density at radius 3 is 2.80 bits per heavy atom. The maximum Gasteiger partial charge on any atom is 0.329 e. The van der Waals surface area contributed by atoms with Crippen molar-refractivity contribution in [2.45, 2.75) is 36.9 Å². The molecule has 0 amide bonds. The molecular formula is C17H23N7O6. The normalized spacial score (nSPS) is 21.7. The third-order valence-corrected chi connectivity index (χ3v) is 4.66. The summed E-state index contributed by atoms with van der Waals surface area (Å²) in [6, 6.07) is 1.85. The number of aliphatic hydroxyl groups excluding tert-OH is 2. The number of aliphatic imine (C=N–C) groups is 1. The van der Waals surface area contributed by atoms with Crippen LogP contribution in [0.15, 0.2) is 38.2 Å². The predicted octanol–water partition coefficient (Wildman–Crippen LogP) is -2.74. The van der Waals surface area contributed by atoms with Crippen LogP contribution < -0.4 is 28.5 Å². The number of esters is 1. The van der Waals surface area contributed by atoms with E-state index in [2.05, 4.69) is 4.99 Å². The molecule has 30 heavy (non-hydrogen) atoms. The first-order chi connectivity index (χ1) is 14.1. The van der Waals surface area contributed by atoms with Gasteiger partial charge in [0.2, 0.25) is 0 Å². The van der Waals surface area contributed by atoms with E-state index < -0.39 is 47.3 Å². The Labute approximate surface area is 170 Å². The summed E-state index contributed by atoms with van der Waals surface area (Å²) < 4.78 is 5.89. The topological polar surface area (TPSA) is 236 Å². The van der Waals surface area contributed by atoms with Crippen molar-refractivity contribution in [2.75, 3.05) is 13.2 Å². The lowest BCUT2D eigenvalue weighted by Gasteiger charge is -2.27. The number of hydrogen-bond acceptors (Lipinski definition) is 9. The number of aromatic nitrogens is 2. The van der Waals surface area contributed by atoms with Crippen molar-refractivity contribution in [3.63, 3.8) is 0 Å². The number of carbonyl (C=O) groups is 1. The minimum Gasteiger partial charge on any atom is -0.509 e.